The highest BCUT2D eigenvalue weighted by Crippen LogP contribution is 2.35. The van der Waals surface area contributed by atoms with Crippen LogP contribution in [0.15, 0.2) is 42.5 Å². The number of halogens is 1. The molecular weight excluding hydrogens is 422 g/mol. The molecule has 9 nitrogen and oxygen atoms in total. The highest BCUT2D eigenvalue weighted by Gasteiger charge is 2.34. The number of benzene rings is 2. The molecule has 2 rings (SSSR count). The van der Waals surface area contributed by atoms with Gasteiger partial charge >= 0.3 is 0 Å². The molecule has 2 aromatic carbocycles. The summed E-state index contributed by atoms with van der Waals surface area (Å²) in [6, 6.07) is 8.75. The van der Waals surface area contributed by atoms with Crippen LogP contribution in [0, 0.1) is 10.1 Å². The first-order valence-electron chi connectivity index (χ1n) is 8.46. The minimum absolute atomic E-state index is 0.0787. The van der Waals surface area contributed by atoms with Crippen molar-refractivity contribution < 1.29 is 22.9 Å². The Morgan fingerprint density at radius 3 is 2.52 bits per heavy atom. The van der Waals surface area contributed by atoms with Crippen LogP contribution in [-0.4, -0.2) is 38.7 Å². The van der Waals surface area contributed by atoms with Crippen LogP contribution in [0.4, 0.5) is 17.1 Å². The lowest BCUT2D eigenvalue weighted by Crippen LogP contribution is -2.47. The number of rotatable bonds is 8. The molecule has 11 heteroatoms. The number of carbonyl (C=O) groups excluding carboxylic acids is 1. The molecule has 0 fully saturated rings. The van der Waals surface area contributed by atoms with Gasteiger partial charge in [-0.1, -0.05) is 24.6 Å². The Labute approximate surface area is 173 Å². The Bertz CT molecular complexity index is 1030. The van der Waals surface area contributed by atoms with Crippen LogP contribution >= 0.6 is 11.6 Å². The van der Waals surface area contributed by atoms with Crippen molar-refractivity contribution in [3.8, 4) is 5.75 Å². The third-order valence-corrected chi connectivity index (χ3v) is 5.43. The second-order valence-corrected chi connectivity index (χ2v) is 8.39. The Morgan fingerprint density at radius 2 is 2.00 bits per heavy atom. The average Bonchev–Trinajstić information content (AvgIpc) is 2.64. The lowest BCUT2D eigenvalue weighted by atomic mass is 10.1. The molecule has 0 aromatic heterocycles. The molecule has 2 aromatic rings. The third kappa shape index (κ3) is 5.36. The van der Waals surface area contributed by atoms with Gasteiger partial charge in [0.1, 0.15) is 17.5 Å². The summed E-state index contributed by atoms with van der Waals surface area (Å²) in [5, 5.41) is 14.2. The summed E-state index contributed by atoms with van der Waals surface area (Å²) in [5.41, 5.74) is -0.0442. The average molecular weight is 442 g/mol. The number of ether oxygens (including phenoxy) is 1. The van der Waals surface area contributed by atoms with E-state index in [1.54, 1.807) is 25.1 Å². The molecule has 1 atom stereocenters. The van der Waals surface area contributed by atoms with Crippen molar-refractivity contribution in [3.63, 3.8) is 0 Å². The van der Waals surface area contributed by atoms with E-state index < -0.39 is 26.9 Å². The van der Waals surface area contributed by atoms with E-state index in [9.17, 15) is 23.3 Å². The summed E-state index contributed by atoms with van der Waals surface area (Å²) >= 11 is 5.92. The van der Waals surface area contributed by atoms with Gasteiger partial charge in [-0.15, -0.1) is 0 Å². The number of hydrogen-bond acceptors (Lipinski definition) is 6. The van der Waals surface area contributed by atoms with E-state index in [2.05, 4.69) is 5.32 Å². The molecule has 0 saturated heterocycles. The van der Waals surface area contributed by atoms with Gasteiger partial charge in [-0.25, -0.2) is 8.42 Å². The number of carbonyl (C=O) groups is 1. The molecule has 0 aliphatic heterocycles. The molecule has 0 spiro atoms. The van der Waals surface area contributed by atoms with Crippen molar-refractivity contribution in [2.24, 2.45) is 0 Å². The summed E-state index contributed by atoms with van der Waals surface area (Å²) in [6.07, 6.45) is 1.02. The molecule has 0 aliphatic rings. The summed E-state index contributed by atoms with van der Waals surface area (Å²) in [7, 11) is -2.70. The molecule has 0 heterocycles. The van der Waals surface area contributed by atoms with Gasteiger partial charge in [-0.05, 0) is 30.7 Å². The SMILES string of the molecule is CCC(C(=O)Nc1cccc(Cl)c1)N(c1cc([N+](=O)[O-])ccc1OC)S(C)(=O)=O. The van der Waals surface area contributed by atoms with Gasteiger partial charge in [-0.3, -0.25) is 19.2 Å². The topological polar surface area (TPSA) is 119 Å². The summed E-state index contributed by atoms with van der Waals surface area (Å²) < 4.78 is 31.2. The standard InChI is InChI=1S/C18H20ClN3O6S/c1-4-15(18(23)20-13-7-5-6-12(19)10-13)21(29(3,26)27)16-11-14(22(24)25)8-9-17(16)28-2/h5-11,15H,4H2,1-3H3,(H,20,23). The van der Waals surface area contributed by atoms with E-state index in [4.69, 9.17) is 16.3 Å². The number of sulfonamides is 1. The maximum atomic E-state index is 12.9. The first-order valence-corrected chi connectivity index (χ1v) is 10.7. The van der Waals surface area contributed by atoms with Crippen LogP contribution in [0.5, 0.6) is 5.75 Å². The largest absolute Gasteiger partial charge is 0.495 e. The summed E-state index contributed by atoms with van der Waals surface area (Å²) in [5.74, 6) is -0.538. The molecule has 29 heavy (non-hydrogen) atoms. The first kappa shape index (κ1) is 22.4. The van der Waals surface area contributed by atoms with E-state index in [0.717, 1.165) is 16.6 Å². The van der Waals surface area contributed by atoms with Gasteiger partial charge in [-0.2, -0.15) is 0 Å². The zero-order valence-electron chi connectivity index (χ0n) is 16.0. The van der Waals surface area contributed by atoms with Gasteiger partial charge in [0.15, 0.2) is 0 Å². The number of amides is 1. The van der Waals surface area contributed by atoms with Gasteiger partial charge in [0.2, 0.25) is 15.9 Å². The number of methoxy groups -OCH3 is 1. The molecule has 0 radical (unpaired) electrons. The van der Waals surface area contributed by atoms with Crippen molar-refractivity contribution in [1.29, 1.82) is 0 Å². The predicted molar refractivity (Wildman–Crippen MR) is 111 cm³/mol. The Balaban J connectivity index is 2.54. The molecule has 1 amide bonds. The maximum absolute atomic E-state index is 12.9. The van der Waals surface area contributed by atoms with Crippen molar-refractivity contribution in [2.75, 3.05) is 23.0 Å². The van der Waals surface area contributed by atoms with Crippen LogP contribution in [0.25, 0.3) is 0 Å². The fourth-order valence-corrected chi connectivity index (χ4v) is 4.19. The molecular formula is C18H20ClN3O6S. The fourth-order valence-electron chi connectivity index (χ4n) is 2.79. The van der Waals surface area contributed by atoms with Crippen LogP contribution < -0.4 is 14.4 Å². The van der Waals surface area contributed by atoms with Crippen LogP contribution in [0.2, 0.25) is 5.02 Å². The number of nitrogens with zero attached hydrogens (tertiary/aromatic N) is 2. The van der Waals surface area contributed by atoms with Crippen molar-refractivity contribution in [1.82, 2.24) is 0 Å². The molecule has 0 saturated carbocycles. The predicted octanol–water partition coefficient (Wildman–Crippen LogP) is 3.44. The fraction of sp³-hybridized carbons (Fsp3) is 0.278. The normalized spacial score (nSPS) is 12.1. The number of anilines is 2. The van der Waals surface area contributed by atoms with E-state index >= 15 is 0 Å². The second-order valence-electron chi connectivity index (χ2n) is 6.10. The summed E-state index contributed by atoms with van der Waals surface area (Å²) in [6.45, 7) is 1.63. The highest BCUT2D eigenvalue weighted by atomic mass is 35.5. The second kappa shape index (κ2) is 9.10. The number of nitro benzene ring substituents is 1. The van der Waals surface area contributed by atoms with Gasteiger partial charge in [0.05, 0.1) is 18.3 Å². The third-order valence-electron chi connectivity index (χ3n) is 4.03. The van der Waals surface area contributed by atoms with E-state index in [-0.39, 0.29) is 23.5 Å². The van der Waals surface area contributed by atoms with Gasteiger partial charge in [0.25, 0.3) is 5.69 Å². The Hall–Kier alpha value is -2.85. The zero-order valence-corrected chi connectivity index (χ0v) is 17.5. The van der Waals surface area contributed by atoms with Gasteiger partial charge < -0.3 is 10.1 Å². The highest BCUT2D eigenvalue weighted by molar-refractivity contribution is 7.92. The molecule has 156 valence electrons. The van der Waals surface area contributed by atoms with Gasteiger partial charge in [0, 0.05) is 22.8 Å². The van der Waals surface area contributed by atoms with E-state index in [1.807, 2.05) is 0 Å². The molecule has 1 N–H and O–H groups in total. The van der Waals surface area contributed by atoms with E-state index in [1.165, 1.54) is 25.3 Å². The number of nitrogens with one attached hydrogen (secondary N) is 1. The van der Waals surface area contributed by atoms with Crippen molar-refractivity contribution >= 4 is 44.6 Å². The van der Waals surface area contributed by atoms with Crippen LogP contribution in [-0.2, 0) is 14.8 Å². The Kier molecular flexibility index (Phi) is 7.04. The minimum Gasteiger partial charge on any atom is -0.495 e. The van der Waals surface area contributed by atoms with Crippen LogP contribution in [0.3, 0.4) is 0 Å². The van der Waals surface area contributed by atoms with Crippen molar-refractivity contribution in [2.45, 2.75) is 19.4 Å². The zero-order chi connectivity index (χ0) is 21.8. The van der Waals surface area contributed by atoms with E-state index in [0.29, 0.717) is 10.7 Å². The number of nitro groups is 1. The smallest absolute Gasteiger partial charge is 0.271 e. The lowest BCUT2D eigenvalue weighted by molar-refractivity contribution is -0.384. The Morgan fingerprint density at radius 1 is 1.31 bits per heavy atom. The minimum atomic E-state index is -4.01. The summed E-state index contributed by atoms with van der Waals surface area (Å²) in [4.78, 5) is 23.4. The number of non-ortho nitro benzene ring substituents is 1. The monoisotopic (exact) mass is 441 g/mol. The molecule has 0 bridgehead atoms. The van der Waals surface area contributed by atoms with Crippen molar-refractivity contribution in [3.05, 3.63) is 57.6 Å². The lowest BCUT2D eigenvalue weighted by Gasteiger charge is -2.30. The quantitative estimate of drug-likeness (QED) is 0.495. The first-order chi connectivity index (χ1) is 13.6. The molecule has 1 unspecified atom stereocenters. The van der Waals surface area contributed by atoms with Crippen LogP contribution in [0.1, 0.15) is 13.3 Å². The maximum Gasteiger partial charge on any atom is 0.271 e. The molecule has 0 aliphatic carbocycles. The number of hydrogen-bond donors (Lipinski definition) is 1.